The summed E-state index contributed by atoms with van der Waals surface area (Å²) in [5, 5.41) is 9.75. The van der Waals surface area contributed by atoms with Crippen molar-refractivity contribution in [3.63, 3.8) is 0 Å². The molecule has 1 N–H and O–H groups in total. The summed E-state index contributed by atoms with van der Waals surface area (Å²) in [6, 6.07) is 13.2. The van der Waals surface area contributed by atoms with Crippen molar-refractivity contribution in [3.8, 4) is 6.07 Å². The van der Waals surface area contributed by atoms with E-state index >= 15 is 0 Å². The lowest BCUT2D eigenvalue weighted by atomic mass is 10.1. The van der Waals surface area contributed by atoms with Gasteiger partial charge in [0, 0.05) is 16.9 Å². The summed E-state index contributed by atoms with van der Waals surface area (Å²) >= 11 is 5.79. The summed E-state index contributed by atoms with van der Waals surface area (Å²) in [5.74, 6) is 0. The molecule has 3 heteroatoms. The summed E-state index contributed by atoms with van der Waals surface area (Å²) in [7, 11) is 0. The van der Waals surface area contributed by atoms with E-state index in [-0.39, 0.29) is 0 Å². The molecular weight excluding hydrogens is 220 g/mol. The van der Waals surface area contributed by atoms with E-state index in [1.807, 2.05) is 36.5 Å². The van der Waals surface area contributed by atoms with E-state index in [2.05, 4.69) is 11.1 Å². The number of aromatic amines is 1. The van der Waals surface area contributed by atoms with Crippen LogP contribution < -0.4 is 0 Å². The molecule has 2 rings (SSSR count). The molecule has 16 heavy (non-hydrogen) atoms. The average molecular weight is 229 g/mol. The van der Waals surface area contributed by atoms with Crippen molar-refractivity contribution in [2.45, 2.75) is 0 Å². The topological polar surface area (TPSA) is 39.6 Å². The normalized spacial score (nSPS) is 11.1. The third kappa shape index (κ3) is 2.33. The molecule has 78 valence electrons. The van der Waals surface area contributed by atoms with Gasteiger partial charge < -0.3 is 4.98 Å². The number of benzene rings is 1. The van der Waals surface area contributed by atoms with E-state index in [1.54, 1.807) is 12.1 Å². The maximum atomic E-state index is 9.08. The second-order valence-electron chi connectivity index (χ2n) is 3.30. The molecule has 0 amide bonds. The number of rotatable bonds is 2. The molecule has 2 nitrogen and oxygen atoms in total. The Morgan fingerprint density at radius 3 is 2.56 bits per heavy atom. The lowest BCUT2D eigenvalue weighted by Gasteiger charge is -1.98. The van der Waals surface area contributed by atoms with Gasteiger partial charge >= 0.3 is 0 Å². The lowest BCUT2D eigenvalue weighted by Crippen LogP contribution is -1.81. The van der Waals surface area contributed by atoms with Crippen LogP contribution in [-0.2, 0) is 0 Å². The van der Waals surface area contributed by atoms with Gasteiger partial charge in [0.25, 0.3) is 0 Å². The zero-order valence-corrected chi connectivity index (χ0v) is 9.20. The number of nitrogens with one attached hydrogen (secondary N) is 1. The second-order valence-corrected chi connectivity index (χ2v) is 3.74. The summed E-state index contributed by atoms with van der Waals surface area (Å²) in [6.07, 6.45) is 3.63. The Morgan fingerprint density at radius 1 is 1.25 bits per heavy atom. The SMILES string of the molecule is N#CC(=Cc1ccc[nH]1)c1ccc(Cl)cc1. The van der Waals surface area contributed by atoms with Crippen LogP contribution in [0.1, 0.15) is 11.3 Å². The molecule has 0 aliphatic carbocycles. The minimum absolute atomic E-state index is 0.610. The van der Waals surface area contributed by atoms with Crippen LogP contribution in [0.4, 0.5) is 0 Å². The Bertz CT molecular complexity index is 530. The second kappa shape index (κ2) is 4.69. The van der Waals surface area contributed by atoms with E-state index < -0.39 is 0 Å². The zero-order valence-electron chi connectivity index (χ0n) is 8.44. The molecule has 0 spiro atoms. The van der Waals surface area contributed by atoms with Gasteiger partial charge in [0.1, 0.15) is 0 Å². The quantitative estimate of drug-likeness (QED) is 0.782. The molecule has 0 saturated carbocycles. The predicted molar refractivity (Wildman–Crippen MR) is 65.7 cm³/mol. The molecular formula is C13H9ClN2. The minimum atomic E-state index is 0.610. The highest BCUT2D eigenvalue weighted by molar-refractivity contribution is 6.30. The fourth-order valence-corrected chi connectivity index (χ4v) is 1.53. The van der Waals surface area contributed by atoms with Crippen molar-refractivity contribution in [1.82, 2.24) is 4.98 Å². The highest BCUT2D eigenvalue weighted by Gasteiger charge is 2.00. The molecule has 0 bridgehead atoms. The first-order chi connectivity index (χ1) is 7.79. The first kappa shape index (κ1) is 10.5. The van der Waals surface area contributed by atoms with E-state index in [1.165, 1.54) is 0 Å². The van der Waals surface area contributed by atoms with Crippen LogP contribution >= 0.6 is 11.6 Å². The van der Waals surface area contributed by atoms with E-state index in [0.29, 0.717) is 10.6 Å². The third-order valence-electron chi connectivity index (χ3n) is 2.20. The molecule has 1 heterocycles. The molecule has 2 aromatic rings. The number of allylic oxidation sites excluding steroid dienone is 1. The van der Waals surface area contributed by atoms with E-state index in [0.717, 1.165) is 11.3 Å². The van der Waals surface area contributed by atoms with Gasteiger partial charge in [-0.15, -0.1) is 0 Å². The van der Waals surface area contributed by atoms with Crippen molar-refractivity contribution in [3.05, 3.63) is 58.9 Å². The van der Waals surface area contributed by atoms with E-state index in [4.69, 9.17) is 16.9 Å². The van der Waals surface area contributed by atoms with Gasteiger partial charge in [-0.2, -0.15) is 5.26 Å². The highest BCUT2D eigenvalue weighted by atomic mass is 35.5. The summed E-state index contributed by atoms with van der Waals surface area (Å²) in [5.41, 5.74) is 2.38. The number of H-pyrrole nitrogens is 1. The molecule has 0 aliphatic heterocycles. The molecule has 1 aromatic heterocycles. The molecule has 0 fully saturated rings. The van der Waals surface area contributed by atoms with Crippen LogP contribution in [-0.4, -0.2) is 4.98 Å². The van der Waals surface area contributed by atoms with Gasteiger partial charge in [-0.3, -0.25) is 0 Å². The van der Waals surface area contributed by atoms with Crippen LogP contribution in [0.25, 0.3) is 11.6 Å². The standard InChI is InChI=1S/C13H9ClN2/c14-12-5-3-10(4-6-12)11(9-15)8-13-2-1-7-16-13/h1-8,16H. The lowest BCUT2D eigenvalue weighted by molar-refractivity contribution is 1.38. The number of nitrogens with zero attached hydrogens (tertiary/aromatic N) is 1. The average Bonchev–Trinajstić information content (AvgIpc) is 2.80. The van der Waals surface area contributed by atoms with Crippen LogP contribution in [0.5, 0.6) is 0 Å². The fraction of sp³-hybridized carbons (Fsp3) is 0. The van der Waals surface area contributed by atoms with Crippen LogP contribution in [0.3, 0.4) is 0 Å². The van der Waals surface area contributed by atoms with E-state index in [9.17, 15) is 0 Å². The molecule has 1 aromatic carbocycles. The minimum Gasteiger partial charge on any atom is -0.362 e. The maximum Gasteiger partial charge on any atom is 0.0998 e. The first-order valence-corrected chi connectivity index (χ1v) is 5.18. The highest BCUT2D eigenvalue weighted by Crippen LogP contribution is 2.19. The number of halogens is 1. The number of nitriles is 1. The van der Waals surface area contributed by atoms with Gasteiger partial charge in [-0.1, -0.05) is 23.7 Å². The summed E-state index contributed by atoms with van der Waals surface area (Å²) in [4.78, 5) is 3.03. The Hall–Kier alpha value is -1.98. The largest absolute Gasteiger partial charge is 0.362 e. The van der Waals surface area contributed by atoms with Gasteiger partial charge in [-0.25, -0.2) is 0 Å². The van der Waals surface area contributed by atoms with Crippen molar-refractivity contribution in [2.75, 3.05) is 0 Å². The fourth-order valence-electron chi connectivity index (χ4n) is 1.40. The zero-order chi connectivity index (χ0) is 11.4. The molecule has 0 unspecified atom stereocenters. The van der Waals surface area contributed by atoms with Crippen LogP contribution in [0, 0.1) is 11.3 Å². The Labute approximate surface area is 98.8 Å². The van der Waals surface area contributed by atoms with Crippen molar-refractivity contribution >= 4 is 23.3 Å². The number of hydrogen-bond donors (Lipinski definition) is 1. The van der Waals surface area contributed by atoms with Crippen molar-refractivity contribution < 1.29 is 0 Å². The first-order valence-electron chi connectivity index (χ1n) is 4.81. The molecule has 0 aliphatic rings. The Balaban J connectivity index is 2.37. The summed E-state index contributed by atoms with van der Waals surface area (Å²) in [6.45, 7) is 0. The smallest absolute Gasteiger partial charge is 0.0998 e. The van der Waals surface area contributed by atoms with Gasteiger partial charge in [0.05, 0.1) is 11.6 Å². The van der Waals surface area contributed by atoms with Gasteiger partial charge in [-0.05, 0) is 35.9 Å². The van der Waals surface area contributed by atoms with Gasteiger partial charge in [0.15, 0.2) is 0 Å². The van der Waals surface area contributed by atoms with Crippen molar-refractivity contribution in [2.24, 2.45) is 0 Å². The van der Waals surface area contributed by atoms with Crippen LogP contribution in [0.2, 0.25) is 5.02 Å². The van der Waals surface area contributed by atoms with Crippen molar-refractivity contribution in [1.29, 1.82) is 5.26 Å². The van der Waals surface area contributed by atoms with Crippen LogP contribution in [0.15, 0.2) is 42.6 Å². The Kier molecular flexibility index (Phi) is 3.09. The molecule has 0 radical (unpaired) electrons. The number of hydrogen-bond acceptors (Lipinski definition) is 1. The van der Waals surface area contributed by atoms with Gasteiger partial charge in [0.2, 0.25) is 0 Å². The third-order valence-corrected chi connectivity index (χ3v) is 2.45. The Morgan fingerprint density at radius 2 is 2.00 bits per heavy atom. The summed E-state index contributed by atoms with van der Waals surface area (Å²) < 4.78 is 0. The monoisotopic (exact) mass is 228 g/mol. The maximum absolute atomic E-state index is 9.08. The molecule has 0 atom stereocenters. The molecule has 0 saturated heterocycles. The predicted octanol–water partition coefficient (Wildman–Crippen LogP) is 3.73. The number of aromatic nitrogens is 1.